The number of nitrogen functional groups attached to an aromatic ring is 1. The Bertz CT molecular complexity index is 622. The van der Waals surface area contributed by atoms with Crippen LogP contribution in [0, 0.1) is 0 Å². The number of anilines is 2. The molecule has 3 rings (SSSR count). The molecule has 0 fully saturated rings. The van der Waals surface area contributed by atoms with Crippen LogP contribution in [0.2, 0.25) is 5.02 Å². The largest absolute Gasteiger partial charge is 0.398 e. The quantitative estimate of drug-likeness (QED) is 0.799. The Morgan fingerprint density at radius 2 is 1.83 bits per heavy atom. The van der Waals surface area contributed by atoms with Crippen molar-refractivity contribution >= 4 is 28.9 Å². The number of benzene rings is 2. The Morgan fingerprint density at radius 1 is 1.11 bits per heavy atom. The zero-order valence-electron chi connectivity index (χ0n) is 9.56. The van der Waals surface area contributed by atoms with Crippen LogP contribution in [0.25, 0.3) is 0 Å². The molecule has 0 saturated heterocycles. The third-order valence-corrected chi connectivity index (χ3v) is 3.39. The van der Waals surface area contributed by atoms with Gasteiger partial charge in [0, 0.05) is 27.5 Å². The fraction of sp³-hybridized carbons (Fsp3) is 0.0714. The predicted octanol–water partition coefficient (Wildman–Crippen LogP) is 3.08. The maximum Gasteiger partial charge on any atom is 0.259 e. The highest BCUT2D eigenvalue weighted by Crippen LogP contribution is 2.31. The highest BCUT2D eigenvalue weighted by molar-refractivity contribution is 6.30. The number of carbonyl (C=O) groups is 1. The summed E-state index contributed by atoms with van der Waals surface area (Å²) in [7, 11) is 0. The first-order valence-electron chi connectivity index (χ1n) is 5.61. The normalized spacial score (nSPS) is 13.8. The number of amides is 1. The van der Waals surface area contributed by atoms with Crippen LogP contribution < -0.4 is 10.6 Å². The number of fused-ring (bicyclic) bond motifs is 1. The van der Waals surface area contributed by atoms with Crippen molar-refractivity contribution in [3.63, 3.8) is 0 Å². The van der Waals surface area contributed by atoms with Crippen LogP contribution in [0.4, 0.5) is 11.4 Å². The molecule has 90 valence electrons. The Hall–Kier alpha value is -2.00. The van der Waals surface area contributed by atoms with Crippen molar-refractivity contribution in [1.82, 2.24) is 0 Å². The van der Waals surface area contributed by atoms with E-state index in [0.29, 0.717) is 22.8 Å². The summed E-state index contributed by atoms with van der Waals surface area (Å²) in [5, 5.41) is 0.655. The van der Waals surface area contributed by atoms with Crippen molar-refractivity contribution in [1.29, 1.82) is 0 Å². The van der Waals surface area contributed by atoms with Gasteiger partial charge >= 0.3 is 0 Å². The molecular weight excluding hydrogens is 248 g/mol. The van der Waals surface area contributed by atoms with Gasteiger partial charge in [0.25, 0.3) is 5.91 Å². The van der Waals surface area contributed by atoms with Crippen LogP contribution in [0.3, 0.4) is 0 Å². The maximum absolute atomic E-state index is 12.3. The van der Waals surface area contributed by atoms with Crippen LogP contribution in [0.1, 0.15) is 15.9 Å². The molecule has 0 aliphatic carbocycles. The van der Waals surface area contributed by atoms with Crippen LogP contribution in [-0.2, 0) is 6.54 Å². The minimum atomic E-state index is -0.0142. The van der Waals surface area contributed by atoms with E-state index in [0.717, 1.165) is 11.3 Å². The second-order valence-corrected chi connectivity index (χ2v) is 4.68. The zero-order valence-corrected chi connectivity index (χ0v) is 10.3. The lowest BCUT2D eigenvalue weighted by Gasteiger charge is -2.15. The minimum absolute atomic E-state index is 0.0142. The third-order valence-electron chi connectivity index (χ3n) is 3.14. The molecule has 2 aromatic rings. The van der Waals surface area contributed by atoms with Gasteiger partial charge in [-0.2, -0.15) is 0 Å². The van der Waals surface area contributed by atoms with E-state index in [1.54, 1.807) is 23.1 Å². The van der Waals surface area contributed by atoms with E-state index in [-0.39, 0.29) is 5.91 Å². The molecule has 18 heavy (non-hydrogen) atoms. The Balaban J connectivity index is 2.02. The molecule has 0 aromatic heterocycles. The number of hydrogen-bond acceptors (Lipinski definition) is 2. The van der Waals surface area contributed by atoms with E-state index in [1.807, 2.05) is 24.3 Å². The number of hydrogen-bond donors (Lipinski definition) is 1. The summed E-state index contributed by atoms with van der Waals surface area (Å²) in [6.45, 7) is 0.516. The molecule has 0 spiro atoms. The van der Waals surface area contributed by atoms with Crippen molar-refractivity contribution in [2.45, 2.75) is 6.54 Å². The number of nitrogens with two attached hydrogens (primary N) is 1. The topological polar surface area (TPSA) is 46.3 Å². The maximum atomic E-state index is 12.3. The molecule has 1 heterocycles. The number of carbonyl (C=O) groups excluding carboxylic acids is 1. The summed E-state index contributed by atoms with van der Waals surface area (Å²) in [5.41, 5.74) is 8.98. The van der Waals surface area contributed by atoms with Crippen molar-refractivity contribution in [3.8, 4) is 0 Å². The van der Waals surface area contributed by atoms with E-state index in [9.17, 15) is 4.79 Å². The molecule has 0 atom stereocenters. The van der Waals surface area contributed by atoms with Gasteiger partial charge in [0.05, 0.1) is 6.54 Å². The molecule has 0 bridgehead atoms. The first kappa shape index (κ1) is 11.1. The summed E-state index contributed by atoms with van der Waals surface area (Å²) in [6.07, 6.45) is 0. The molecule has 3 nitrogen and oxygen atoms in total. The molecular formula is C14H11ClN2O. The lowest BCUT2D eigenvalue weighted by molar-refractivity contribution is 0.0996. The number of halogens is 1. The van der Waals surface area contributed by atoms with E-state index in [2.05, 4.69) is 0 Å². The molecule has 2 N–H and O–H groups in total. The highest BCUT2D eigenvalue weighted by atomic mass is 35.5. The lowest BCUT2D eigenvalue weighted by atomic mass is 10.1. The Kier molecular flexibility index (Phi) is 2.49. The molecule has 0 radical (unpaired) electrons. The third kappa shape index (κ3) is 1.64. The summed E-state index contributed by atoms with van der Waals surface area (Å²) in [6, 6.07) is 12.6. The number of rotatable bonds is 1. The summed E-state index contributed by atoms with van der Waals surface area (Å²) in [4.78, 5) is 14.0. The van der Waals surface area contributed by atoms with Gasteiger partial charge in [0.15, 0.2) is 0 Å². The number of nitrogens with zero attached hydrogens (tertiary/aromatic N) is 1. The predicted molar refractivity (Wildman–Crippen MR) is 72.8 cm³/mol. The van der Waals surface area contributed by atoms with Gasteiger partial charge in [0.1, 0.15) is 0 Å². The molecule has 1 amide bonds. The van der Waals surface area contributed by atoms with Crippen LogP contribution >= 0.6 is 11.6 Å². The van der Waals surface area contributed by atoms with Crippen molar-refractivity contribution < 1.29 is 4.79 Å². The van der Waals surface area contributed by atoms with Gasteiger partial charge in [-0.3, -0.25) is 4.79 Å². The van der Waals surface area contributed by atoms with Crippen LogP contribution in [0.15, 0.2) is 42.5 Å². The van der Waals surface area contributed by atoms with Crippen molar-refractivity contribution in [2.24, 2.45) is 0 Å². The summed E-state index contributed by atoms with van der Waals surface area (Å²) < 4.78 is 0. The van der Waals surface area contributed by atoms with Crippen LogP contribution in [0.5, 0.6) is 0 Å². The smallest absolute Gasteiger partial charge is 0.259 e. The first-order valence-corrected chi connectivity index (χ1v) is 5.99. The van der Waals surface area contributed by atoms with E-state index >= 15 is 0 Å². The first-order chi connectivity index (χ1) is 8.66. The SMILES string of the molecule is Nc1cccc2c1CN(c1ccc(Cl)cc1)C2=O. The van der Waals surface area contributed by atoms with Gasteiger partial charge in [-0.25, -0.2) is 0 Å². The van der Waals surface area contributed by atoms with Crippen LogP contribution in [-0.4, -0.2) is 5.91 Å². The van der Waals surface area contributed by atoms with Crippen molar-refractivity contribution in [2.75, 3.05) is 10.6 Å². The lowest BCUT2D eigenvalue weighted by Crippen LogP contribution is -2.22. The fourth-order valence-electron chi connectivity index (χ4n) is 2.19. The molecule has 4 heteroatoms. The highest BCUT2D eigenvalue weighted by Gasteiger charge is 2.29. The average Bonchev–Trinajstić information content (AvgIpc) is 2.70. The van der Waals surface area contributed by atoms with E-state index in [1.165, 1.54) is 0 Å². The second-order valence-electron chi connectivity index (χ2n) is 4.24. The standard InChI is InChI=1S/C14H11ClN2O/c15-9-4-6-10(7-5-9)17-8-12-11(14(17)18)2-1-3-13(12)16/h1-7H,8,16H2. The zero-order chi connectivity index (χ0) is 12.7. The Morgan fingerprint density at radius 3 is 2.50 bits per heavy atom. The average molecular weight is 259 g/mol. The molecule has 0 saturated carbocycles. The van der Waals surface area contributed by atoms with E-state index in [4.69, 9.17) is 17.3 Å². The van der Waals surface area contributed by atoms with Gasteiger partial charge in [0.2, 0.25) is 0 Å². The van der Waals surface area contributed by atoms with Gasteiger partial charge in [-0.05, 0) is 36.4 Å². The summed E-state index contributed by atoms with van der Waals surface area (Å²) >= 11 is 5.85. The molecule has 0 unspecified atom stereocenters. The van der Waals surface area contributed by atoms with Gasteiger partial charge in [-0.1, -0.05) is 17.7 Å². The fourth-order valence-corrected chi connectivity index (χ4v) is 2.31. The molecule has 2 aromatic carbocycles. The second kappa shape index (κ2) is 4.03. The van der Waals surface area contributed by atoms with E-state index < -0.39 is 0 Å². The van der Waals surface area contributed by atoms with Gasteiger partial charge in [-0.15, -0.1) is 0 Å². The molecule has 1 aliphatic heterocycles. The van der Waals surface area contributed by atoms with Gasteiger partial charge < -0.3 is 10.6 Å². The van der Waals surface area contributed by atoms with Crippen molar-refractivity contribution in [3.05, 3.63) is 58.6 Å². The minimum Gasteiger partial charge on any atom is -0.398 e. The Labute approximate surface area is 110 Å². The molecule has 1 aliphatic rings. The monoisotopic (exact) mass is 258 g/mol. The summed E-state index contributed by atoms with van der Waals surface area (Å²) in [5.74, 6) is -0.0142.